The van der Waals surface area contributed by atoms with E-state index in [-0.39, 0.29) is 0 Å². The quantitative estimate of drug-likeness (QED) is 0.818. The molecule has 0 saturated heterocycles. The fourth-order valence-corrected chi connectivity index (χ4v) is 2.51. The molecule has 0 unspecified atom stereocenters. The maximum Gasteiger partial charge on any atom is 0.223 e. The van der Waals surface area contributed by atoms with Gasteiger partial charge in [-0.1, -0.05) is 31.5 Å². The maximum absolute atomic E-state index is 5.60. The molecule has 5 heteroatoms. The summed E-state index contributed by atoms with van der Waals surface area (Å²) in [5, 5.41) is 3.31. The van der Waals surface area contributed by atoms with Gasteiger partial charge in [-0.2, -0.15) is 0 Å². The van der Waals surface area contributed by atoms with Crippen LogP contribution in [0.25, 0.3) is 0 Å². The van der Waals surface area contributed by atoms with E-state index in [0.717, 1.165) is 18.2 Å². The van der Waals surface area contributed by atoms with Gasteiger partial charge in [0.2, 0.25) is 5.95 Å². The summed E-state index contributed by atoms with van der Waals surface area (Å²) in [5.41, 5.74) is 7.13. The number of aromatic nitrogens is 2. The first-order valence-electron chi connectivity index (χ1n) is 6.54. The zero-order valence-electron chi connectivity index (χ0n) is 10.8. The maximum atomic E-state index is 5.60. The third kappa shape index (κ3) is 3.63. The molecule has 0 bridgehead atoms. The average Bonchev–Trinajstić information content (AvgIpc) is 2.37. The Kier molecular flexibility index (Phi) is 4.47. The molecule has 3 N–H and O–H groups in total. The molecule has 2 rings (SSSR count). The van der Waals surface area contributed by atoms with Crippen LogP contribution in [-0.2, 0) is 0 Å². The van der Waals surface area contributed by atoms with Crippen LogP contribution < -0.4 is 11.1 Å². The van der Waals surface area contributed by atoms with Crippen LogP contribution in [0, 0.1) is 12.8 Å². The summed E-state index contributed by atoms with van der Waals surface area (Å²) in [6.45, 7) is 2.87. The van der Waals surface area contributed by atoms with Gasteiger partial charge in [-0.05, 0) is 31.7 Å². The molecule has 1 aliphatic carbocycles. The first-order valence-corrected chi connectivity index (χ1v) is 6.95. The van der Waals surface area contributed by atoms with Crippen molar-refractivity contribution in [3.05, 3.63) is 17.5 Å². The first-order chi connectivity index (χ1) is 8.65. The third-order valence-electron chi connectivity index (χ3n) is 3.38. The second-order valence-electron chi connectivity index (χ2n) is 4.97. The fourth-order valence-electron chi connectivity index (χ4n) is 2.40. The number of hydrogen-bond donors (Lipinski definition) is 2. The van der Waals surface area contributed by atoms with Crippen LogP contribution in [0.2, 0.25) is 0 Å². The normalized spacial score (nSPS) is 16.5. The Hall–Kier alpha value is -1.23. The van der Waals surface area contributed by atoms with Gasteiger partial charge in [-0.15, -0.1) is 0 Å². The summed E-state index contributed by atoms with van der Waals surface area (Å²) in [4.78, 5) is 9.01. The Morgan fingerprint density at radius 2 is 2.11 bits per heavy atom. The highest BCUT2D eigenvalue weighted by Gasteiger charge is 2.13. The molecule has 0 radical (unpaired) electrons. The number of nitrogens with one attached hydrogen (secondary N) is 1. The number of aryl methyl sites for hydroxylation is 1. The van der Waals surface area contributed by atoms with Gasteiger partial charge >= 0.3 is 0 Å². The minimum absolute atomic E-state index is 0.321. The number of anilines is 1. The van der Waals surface area contributed by atoms with Crippen LogP contribution in [0.3, 0.4) is 0 Å². The van der Waals surface area contributed by atoms with Gasteiger partial charge in [-0.3, -0.25) is 0 Å². The Bertz CT molecular complexity index is 427. The molecule has 0 amide bonds. The van der Waals surface area contributed by atoms with E-state index in [4.69, 9.17) is 18.0 Å². The van der Waals surface area contributed by atoms with Gasteiger partial charge in [0.25, 0.3) is 0 Å². The Morgan fingerprint density at radius 3 is 2.78 bits per heavy atom. The molecule has 18 heavy (non-hydrogen) atoms. The molecule has 1 fully saturated rings. The van der Waals surface area contributed by atoms with Gasteiger partial charge < -0.3 is 11.1 Å². The summed E-state index contributed by atoms with van der Waals surface area (Å²) < 4.78 is 0. The van der Waals surface area contributed by atoms with Crippen LogP contribution in [-0.4, -0.2) is 21.5 Å². The van der Waals surface area contributed by atoms with Gasteiger partial charge in [0.15, 0.2) is 0 Å². The molecule has 1 aliphatic rings. The topological polar surface area (TPSA) is 63.8 Å². The lowest BCUT2D eigenvalue weighted by molar-refractivity contribution is 0.373. The monoisotopic (exact) mass is 264 g/mol. The second-order valence-corrected chi connectivity index (χ2v) is 5.41. The van der Waals surface area contributed by atoms with Crippen molar-refractivity contribution in [2.24, 2.45) is 11.7 Å². The summed E-state index contributed by atoms with van der Waals surface area (Å²) in [7, 11) is 0. The molecule has 4 nitrogen and oxygen atoms in total. The molecule has 0 atom stereocenters. The molecular weight excluding hydrogens is 244 g/mol. The summed E-state index contributed by atoms with van der Waals surface area (Å²) in [6, 6.07) is 1.81. The highest BCUT2D eigenvalue weighted by molar-refractivity contribution is 7.80. The first kappa shape index (κ1) is 13.2. The van der Waals surface area contributed by atoms with Crippen molar-refractivity contribution in [3.63, 3.8) is 0 Å². The zero-order chi connectivity index (χ0) is 13.0. The molecule has 98 valence electrons. The van der Waals surface area contributed by atoms with E-state index in [9.17, 15) is 0 Å². The van der Waals surface area contributed by atoms with E-state index >= 15 is 0 Å². The highest BCUT2D eigenvalue weighted by atomic mass is 32.1. The standard InChI is InChI=1S/C13H20N4S/c1-9-7-11(12(14)18)17-13(16-9)15-8-10-5-3-2-4-6-10/h7,10H,2-6,8H2,1H3,(H2,14,18)(H,15,16,17). The van der Waals surface area contributed by atoms with E-state index in [2.05, 4.69) is 15.3 Å². The highest BCUT2D eigenvalue weighted by Crippen LogP contribution is 2.23. The van der Waals surface area contributed by atoms with Crippen molar-refractivity contribution in [2.45, 2.75) is 39.0 Å². The van der Waals surface area contributed by atoms with Crippen molar-refractivity contribution in [2.75, 3.05) is 11.9 Å². The smallest absolute Gasteiger partial charge is 0.223 e. The SMILES string of the molecule is Cc1cc(C(N)=S)nc(NCC2CCCCC2)n1. The van der Waals surface area contributed by atoms with Crippen LogP contribution in [0.15, 0.2) is 6.07 Å². The van der Waals surface area contributed by atoms with Gasteiger partial charge in [-0.25, -0.2) is 9.97 Å². The lowest BCUT2D eigenvalue weighted by atomic mass is 9.89. The van der Waals surface area contributed by atoms with E-state index in [1.54, 1.807) is 0 Å². The number of nitrogens with zero attached hydrogens (tertiary/aromatic N) is 2. The van der Waals surface area contributed by atoms with E-state index in [0.29, 0.717) is 16.6 Å². The lowest BCUT2D eigenvalue weighted by Gasteiger charge is -2.21. The minimum atomic E-state index is 0.321. The zero-order valence-corrected chi connectivity index (χ0v) is 11.6. The Morgan fingerprint density at radius 1 is 1.39 bits per heavy atom. The van der Waals surface area contributed by atoms with Crippen LogP contribution in [0.4, 0.5) is 5.95 Å². The second kappa shape index (κ2) is 6.09. The van der Waals surface area contributed by atoms with Crippen molar-refractivity contribution >= 4 is 23.2 Å². The van der Waals surface area contributed by atoms with Crippen molar-refractivity contribution in [3.8, 4) is 0 Å². The summed E-state index contributed by atoms with van der Waals surface area (Å²) in [5.74, 6) is 1.39. The fraction of sp³-hybridized carbons (Fsp3) is 0.615. The minimum Gasteiger partial charge on any atom is -0.388 e. The summed E-state index contributed by atoms with van der Waals surface area (Å²) >= 11 is 4.95. The molecule has 1 heterocycles. The van der Waals surface area contributed by atoms with Crippen molar-refractivity contribution in [1.29, 1.82) is 0 Å². The number of hydrogen-bond acceptors (Lipinski definition) is 4. The third-order valence-corrected chi connectivity index (χ3v) is 3.59. The van der Waals surface area contributed by atoms with E-state index in [1.807, 2.05) is 13.0 Å². The Balaban J connectivity index is 1.97. The number of thiocarbonyl (C=S) groups is 1. The lowest BCUT2D eigenvalue weighted by Crippen LogP contribution is -2.20. The number of rotatable bonds is 4. The molecule has 0 aliphatic heterocycles. The predicted molar refractivity (Wildman–Crippen MR) is 77.7 cm³/mol. The van der Waals surface area contributed by atoms with Crippen LogP contribution in [0.1, 0.15) is 43.5 Å². The van der Waals surface area contributed by atoms with Gasteiger partial charge in [0.05, 0.1) is 0 Å². The Labute approximate surface area is 113 Å². The van der Waals surface area contributed by atoms with Gasteiger partial charge in [0.1, 0.15) is 10.7 Å². The number of nitrogens with two attached hydrogens (primary N) is 1. The van der Waals surface area contributed by atoms with E-state index < -0.39 is 0 Å². The molecule has 0 spiro atoms. The predicted octanol–water partition coefficient (Wildman–Crippen LogP) is 2.41. The van der Waals surface area contributed by atoms with Crippen LogP contribution >= 0.6 is 12.2 Å². The van der Waals surface area contributed by atoms with Crippen molar-refractivity contribution in [1.82, 2.24) is 9.97 Å². The molecular formula is C13H20N4S. The molecule has 1 aromatic rings. The molecule has 1 aromatic heterocycles. The van der Waals surface area contributed by atoms with E-state index in [1.165, 1.54) is 32.1 Å². The molecule has 1 saturated carbocycles. The van der Waals surface area contributed by atoms with Gasteiger partial charge in [0, 0.05) is 12.2 Å². The summed E-state index contributed by atoms with van der Waals surface area (Å²) in [6.07, 6.45) is 6.68. The largest absolute Gasteiger partial charge is 0.388 e. The van der Waals surface area contributed by atoms with Crippen LogP contribution in [0.5, 0.6) is 0 Å². The average molecular weight is 264 g/mol. The van der Waals surface area contributed by atoms with Crippen molar-refractivity contribution < 1.29 is 0 Å². The molecule has 0 aromatic carbocycles.